The Hall–Kier alpha value is -3.09. The first-order valence-electron chi connectivity index (χ1n) is 11.0. The summed E-state index contributed by atoms with van der Waals surface area (Å²) < 4.78 is 5.45. The van der Waals surface area contributed by atoms with Gasteiger partial charge < -0.3 is 20.0 Å². The van der Waals surface area contributed by atoms with Crippen LogP contribution >= 0.6 is 0 Å². The Morgan fingerprint density at radius 3 is 2.61 bits per heavy atom. The minimum Gasteiger partial charge on any atom is -0.456 e. The monoisotopic (exact) mass is 419 g/mol. The van der Waals surface area contributed by atoms with Crippen LogP contribution in [0.25, 0.3) is 10.9 Å². The van der Waals surface area contributed by atoms with Crippen LogP contribution < -0.4 is 15.5 Å². The Bertz CT molecular complexity index is 1110. The predicted molar refractivity (Wildman–Crippen MR) is 121 cm³/mol. The maximum atomic E-state index is 12.4. The Morgan fingerprint density at radius 2 is 1.90 bits per heavy atom. The van der Waals surface area contributed by atoms with Gasteiger partial charge in [0.2, 0.25) is 5.95 Å². The zero-order valence-electron chi connectivity index (χ0n) is 18.3. The summed E-state index contributed by atoms with van der Waals surface area (Å²) in [6, 6.07) is 12.3. The Morgan fingerprint density at radius 1 is 1.13 bits per heavy atom. The van der Waals surface area contributed by atoms with Gasteiger partial charge in [0.25, 0.3) is 5.91 Å². The van der Waals surface area contributed by atoms with Gasteiger partial charge in [-0.2, -0.15) is 4.98 Å². The number of aryl methyl sites for hydroxylation is 1. The SMILES string of the molecule is Cc1ccc(C(=O)N[C@@H]2CC23CCC(Nc2nc(N(C)C)c4ccccc4n2)CC3)o1. The fourth-order valence-electron chi connectivity index (χ4n) is 4.88. The van der Waals surface area contributed by atoms with Crippen molar-refractivity contribution in [2.75, 3.05) is 24.3 Å². The summed E-state index contributed by atoms with van der Waals surface area (Å²) >= 11 is 0. The van der Waals surface area contributed by atoms with Crippen molar-refractivity contribution in [1.29, 1.82) is 0 Å². The lowest BCUT2D eigenvalue weighted by Crippen LogP contribution is -2.34. The normalized spacial score (nSPS) is 24.9. The molecule has 0 saturated heterocycles. The van der Waals surface area contributed by atoms with Gasteiger partial charge in [-0.1, -0.05) is 12.1 Å². The van der Waals surface area contributed by atoms with Crippen LogP contribution in [0.15, 0.2) is 40.8 Å². The predicted octanol–water partition coefficient (Wildman–Crippen LogP) is 4.14. The summed E-state index contributed by atoms with van der Waals surface area (Å²) in [5.74, 6) is 2.68. The highest BCUT2D eigenvalue weighted by molar-refractivity contribution is 5.92. The van der Waals surface area contributed by atoms with Gasteiger partial charge >= 0.3 is 0 Å². The fourth-order valence-corrected chi connectivity index (χ4v) is 4.88. The number of amides is 1. The first-order chi connectivity index (χ1) is 14.9. The number of hydrogen-bond acceptors (Lipinski definition) is 6. The van der Waals surface area contributed by atoms with Crippen LogP contribution in [0.5, 0.6) is 0 Å². The average molecular weight is 420 g/mol. The Labute approximate surface area is 182 Å². The number of nitrogens with one attached hydrogen (secondary N) is 2. The van der Waals surface area contributed by atoms with Crippen LogP contribution in [0.4, 0.5) is 11.8 Å². The third kappa shape index (κ3) is 3.84. The van der Waals surface area contributed by atoms with Crippen molar-refractivity contribution < 1.29 is 9.21 Å². The molecule has 31 heavy (non-hydrogen) atoms. The molecule has 1 aromatic carbocycles. The van der Waals surface area contributed by atoms with Gasteiger partial charge in [0.05, 0.1) is 5.52 Å². The highest BCUT2D eigenvalue weighted by Gasteiger charge is 2.55. The first kappa shape index (κ1) is 19.8. The first-order valence-corrected chi connectivity index (χ1v) is 11.0. The standard InChI is InChI=1S/C24H29N5O2/c1-15-8-9-19(31-15)22(30)27-20-14-24(20)12-10-16(11-13-24)25-23-26-18-7-5-4-6-17(18)21(28-23)29(2)3/h4-9,16,20H,10-14H2,1-3H3,(H,27,30)(H,25,26,28)/t16?,20-,24?/m1/s1. The zero-order valence-corrected chi connectivity index (χ0v) is 18.3. The Balaban J connectivity index is 1.21. The second kappa shape index (κ2) is 7.55. The third-order valence-corrected chi connectivity index (χ3v) is 6.78. The summed E-state index contributed by atoms with van der Waals surface area (Å²) in [6.45, 7) is 1.85. The molecule has 2 aromatic heterocycles. The van der Waals surface area contributed by atoms with Crippen molar-refractivity contribution in [3.63, 3.8) is 0 Å². The second-order valence-electron chi connectivity index (χ2n) is 9.20. The average Bonchev–Trinajstić information content (AvgIpc) is 3.20. The van der Waals surface area contributed by atoms with Crippen LogP contribution in [0.2, 0.25) is 0 Å². The number of carbonyl (C=O) groups is 1. The van der Waals surface area contributed by atoms with Gasteiger partial charge in [0.1, 0.15) is 11.6 Å². The van der Waals surface area contributed by atoms with E-state index < -0.39 is 0 Å². The zero-order chi connectivity index (χ0) is 21.6. The summed E-state index contributed by atoms with van der Waals surface area (Å²) in [5.41, 5.74) is 1.20. The van der Waals surface area contributed by atoms with Crippen molar-refractivity contribution in [2.24, 2.45) is 5.41 Å². The minimum absolute atomic E-state index is 0.101. The maximum Gasteiger partial charge on any atom is 0.287 e. The lowest BCUT2D eigenvalue weighted by atomic mass is 9.83. The van der Waals surface area contributed by atoms with Crippen molar-refractivity contribution in [1.82, 2.24) is 15.3 Å². The molecule has 3 aromatic rings. The van der Waals surface area contributed by atoms with Crippen LogP contribution in [0.3, 0.4) is 0 Å². The number of furan rings is 1. The molecule has 0 radical (unpaired) electrons. The van der Waals surface area contributed by atoms with E-state index in [9.17, 15) is 4.79 Å². The van der Waals surface area contributed by atoms with E-state index in [0.717, 1.165) is 54.6 Å². The van der Waals surface area contributed by atoms with Gasteiger partial charge in [-0.3, -0.25) is 4.79 Å². The molecule has 2 aliphatic carbocycles. The summed E-state index contributed by atoms with van der Waals surface area (Å²) in [7, 11) is 4.02. The number of aromatic nitrogens is 2. The molecule has 2 saturated carbocycles. The van der Waals surface area contributed by atoms with Gasteiger partial charge in [-0.15, -0.1) is 0 Å². The van der Waals surface area contributed by atoms with E-state index in [1.165, 1.54) is 0 Å². The number of fused-ring (bicyclic) bond motifs is 1. The molecule has 7 nitrogen and oxygen atoms in total. The third-order valence-electron chi connectivity index (χ3n) is 6.78. The molecule has 0 unspecified atom stereocenters. The van der Waals surface area contributed by atoms with Gasteiger partial charge in [0.15, 0.2) is 5.76 Å². The topological polar surface area (TPSA) is 83.3 Å². The molecule has 5 rings (SSSR count). The van der Waals surface area contributed by atoms with Crippen molar-refractivity contribution >= 4 is 28.6 Å². The molecule has 0 bridgehead atoms. The van der Waals surface area contributed by atoms with E-state index in [0.29, 0.717) is 17.8 Å². The van der Waals surface area contributed by atoms with Gasteiger partial charge in [-0.25, -0.2) is 4.98 Å². The molecule has 2 aliphatic rings. The molecule has 1 spiro atoms. The number of nitrogens with zero attached hydrogens (tertiary/aromatic N) is 3. The van der Waals surface area contributed by atoms with Gasteiger partial charge in [0, 0.05) is 31.6 Å². The van der Waals surface area contributed by atoms with Crippen LogP contribution in [0.1, 0.15) is 48.4 Å². The highest BCUT2D eigenvalue weighted by Crippen LogP contribution is 2.56. The number of hydrogen-bond donors (Lipinski definition) is 2. The molecular formula is C24H29N5O2. The number of anilines is 2. The van der Waals surface area contributed by atoms with E-state index >= 15 is 0 Å². The van der Waals surface area contributed by atoms with E-state index in [1.807, 2.05) is 50.2 Å². The lowest BCUT2D eigenvalue weighted by molar-refractivity contribution is 0.0912. The summed E-state index contributed by atoms with van der Waals surface area (Å²) in [5, 5.41) is 7.79. The molecule has 1 amide bonds. The molecule has 0 aliphatic heterocycles. The number of para-hydroxylation sites is 1. The lowest BCUT2D eigenvalue weighted by Gasteiger charge is -2.30. The van der Waals surface area contributed by atoms with Crippen molar-refractivity contribution in [2.45, 2.75) is 51.1 Å². The maximum absolute atomic E-state index is 12.4. The van der Waals surface area contributed by atoms with E-state index in [-0.39, 0.29) is 17.4 Å². The van der Waals surface area contributed by atoms with Crippen LogP contribution in [-0.2, 0) is 0 Å². The molecular weight excluding hydrogens is 390 g/mol. The van der Waals surface area contributed by atoms with Crippen molar-refractivity contribution in [3.05, 3.63) is 47.9 Å². The number of benzene rings is 1. The molecule has 2 N–H and O–H groups in total. The quantitative estimate of drug-likeness (QED) is 0.647. The van der Waals surface area contributed by atoms with E-state index in [4.69, 9.17) is 14.4 Å². The number of rotatable bonds is 5. The largest absolute Gasteiger partial charge is 0.456 e. The number of carbonyl (C=O) groups excluding carboxylic acids is 1. The van der Waals surface area contributed by atoms with Crippen LogP contribution in [0, 0.1) is 12.3 Å². The molecule has 7 heteroatoms. The summed E-state index contributed by atoms with van der Waals surface area (Å²) in [4.78, 5) is 23.9. The summed E-state index contributed by atoms with van der Waals surface area (Å²) in [6.07, 6.45) is 5.36. The van der Waals surface area contributed by atoms with E-state index in [1.54, 1.807) is 6.07 Å². The molecule has 1 atom stereocenters. The van der Waals surface area contributed by atoms with Gasteiger partial charge in [-0.05, 0) is 68.7 Å². The minimum atomic E-state index is -0.101. The highest BCUT2D eigenvalue weighted by atomic mass is 16.3. The van der Waals surface area contributed by atoms with E-state index in [2.05, 4.69) is 16.7 Å². The smallest absolute Gasteiger partial charge is 0.287 e. The fraction of sp³-hybridized carbons (Fsp3) is 0.458. The van der Waals surface area contributed by atoms with Crippen LogP contribution in [-0.4, -0.2) is 42.1 Å². The van der Waals surface area contributed by atoms with Crippen molar-refractivity contribution in [3.8, 4) is 0 Å². The molecule has 2 fully saturated rings. The Kier molecular flexibility index (Phi) is 4.84. The molecule has 2 heterocycles. The molecule has 162 valence electrons. The second-order valence-corrected chi connectivity index (χ2v) is 9.20.